The SMILES string of the molecule is O=C(CCC1Nc2c3ccccc3nc(=S)n2C1=O)NCc1cccs1. The summed E-state index contributed by atoms with van der Waals surface area (Å²) >= 11 is 6.87. The lowest BCUT2D eigenvalue weighted by Gasteiger charge is -2.09. The molecule has 8 heteroatoms. The average molecular weight is 384 g/mol. The quantitative estimate of drug-likeness (QED) is 0.660. The highest BCUT2D eigenvalue weighted by Gasteiger charge is 2.31. The van der Waals surface area contributed by atoms with Gasteiger partial charge in [-0.2, -0.15) is 0 Å². The lowest BCUT2D eigenvalue weighted by molar-refractivity contribution is -0.121. The van der Waals surface area contributed by atoms with Crippen LogP contribution in [0.2, 0.25) is 0 Å². The van der Waals surface area contributed by atoms with Crippen LogP contribution >= 0.6 is 23.6 Å². The molecule has 6 nitrogen and oxygen atoms in total. The Morgan fingerprint density at radius 2 is 2.15 bits per heavy atom. The van der Waals surface area contributed by atoms with E-state index in [-0.39, 0.29) is 23.0 Å². The van der Waals surface area contributed by atoms with E-state index in [1.165, 1.54) is 4.57 Å². The summed E-state index contributed by atoms with van der Waals surface area (Å²) in [7, 11) is 0. The van der Waals surface area contributed by atoms with E-state index in [0.29, 0.717) is 18.8 Å². The molecule has 0 spiro atoms. The highest BCUT2D eigenvalue weighted by molar-refractivity contribution is 7.71. The third-order valence-corrected chi connectivity index (χ3v) is 5.47. The standard InChI is InChI=1S/C18H16N4O2S2/c23-15(19-10-11-4-3-9-26-11)8-7-14-17(24)22-16(20-14)12-5-1-2-6-13(12)21-18(22)25/h1-6,9,14,20H,7-8,10H2,(H,19,23). The molecule has 2 N–H and O–H groups in total. The molecule has 1 atom stereocenters. The fraction of sp³-hybridized carbons (Fsp3) is 0.222. The number of carbonyl (C=O) groups excluding carboxylic acids is 2. The van der Waals surface area contributed by atoms with Crippen molar-refractivity contribution in [3.8, 4) is 0 Å². The van der Waals surface area contributed by atoms with Gasteiger partial charge >= 0.3 is 0 Å². The molecular weight excluding hydrogens is 368 g/mol. The topological polar surface area (TPSA) is 76.0 Å². The van der Waals surface area contributed by atoms with Gasteiger partial charge in [0.15, 0.2) is 0 Å². The number of hydrogen-bond donors (Lipinski definition) is 2. The van der Waals surface area contributed by atoms with Gasteiger partial charge in [-0.25, -0.2) is 9.55 Å². The minimum Gasteiger partial charge on any atom is -0.359 e. The third-order valence-electron chi connectivity index (χ3n) is 4.32. The first-order valence-electron chi connectivity index (χ1n) is 8.25. The van der Waals surface area contributed by atoms with Crippen LogP contribution in [0, 0.1) is 4.77 Å². The molecule has 0 fully saturated rings. The van der Waals surface area contributed by atoms with Crippen LogP contribution in [0.15, 0.2) is 41.8 Å². The maximum absolute atomic E-state index is 12.7. The Kier molecular flexibility index (Phi) is 4.52. The van der Waals surface area contributed by atoms with Gasteiger partial charge in [0.2, 0.25) is 10.7 Å². The molecule has 1 aliphatic rings. The zero-order chi connectivity index (χ0) is 18.1. The van der Waals surface area contributed by atoms with Crippen molar-refractivity contribution in [1.82, 2.24) is 14.9 Å². The second-order valence-corrected chi connectivity index (χ2v) is 7.42. The fourth-order valence-corrected chi connectivity index (χ4v) is 3.95. The predicted molar refractivity (Wildman–Crippen MR) is 104 cm³/mol. The lowest BCUT2D eigenvalue weighted by Crippen LogP contribution is -2.29. The van der Waals surface area contributed by atoms with E-state index >= 15 is 0 Å². The Morgan fingerprint density at radius 3 is 2.96 bits per heavy atom. The molecule has 0 radical (unpaired) electrons. The van der Waals surface area contributed by atoms with Crippen LogP contribution in [0.3, 0.4) is 0 Å². The van der Waals surface area contributed by atoms with Crippen LogP contribution in [0.1, 0.15) is 22.5 Å². The zero-order valence-corrected chi connectivity index (χ0v) is 15.4. The second kappa shape index (κ2) is 6.97. The Bertz CT molecular complexity index is 1040. The van der Waals surface area contributed by atoms with E-state index in [0.717, 1.165) is 15.8 Å². The maximum atomic E-state index is 12.7. The first-order valence-corrected chi connectivity index (χ1v) is 9.54. The average Bonchev–Trinajstić information content (AvgIpc) is 3.27. The van der Waals surface area contributed by atoms with Crippen LogP contribution in [0.5, 0.6) is 0 Å². The molecule has 0 aliphatic carbocycles. The molecule has 3 aromatic rings. The molecule has 26 heavy (non-hydrogen) atoms. The summed E-state index contributed by atoms with van der Waals surface area (Å²) in [5.74, 6) is 0.430. The van der Waals surface area contributed by atoms with Gasteiger partial charge in [0, 0.05) is 16.7 Å². The largest absolute Gasteiger partial charge is 0.359 e. The lowest BCUT2D eigenvalue weighted by atomic mass is 10.1. The summed E-state index contributed by atoms with van der Waals surface area (Å²) in [5.41, 5.74) is 0.749. The van der Waals surface area contributed by atoms with Crippen molar-refractivity contribution in [2.45, 2.75) is 25.4 Å². The molecule has 1 aliphatic heterocycles. The zero-order valence-electron chi connectivity index (χ0n) is 13.8. The highest BCUT2D eigenvalue weighted by Crippen LogP contribution is 2.29. The van der Waals surface area contributed by atoms with E-state index in [1.54, 1.807) is 11.3 Å². The van der Waals surface area contributed by atoms with E-state index in [4.69, 9.17) is 12.2 Å². The van der Waals surface area contributed by atoms with Gasteiger partial charge in [0.1, 0.15) is 11.9 Å². The number of hydrogen-bond acceptors (Lipinski definition) is 6. The second-order valence-electron chi connectivity index (χ2n) is 6.03. The Hall–Kier alpha value is -2.58. The molecule has 0 bridgehead atoms. The number of rotatable bonds is 5. The van der Waals surface area contributed by atoms with Gasteiger partial charge < -0.3 is 10.6 Å². The minimum absolute atomic E-state index is 0.0736. The predicted octanol–water partition coefficient (Wildman–Crippen LogP) is 3.36. The molecule has 2 aromatic heterocycles. The summed E-state index contributed by atoms with van der Waals surface area (Å²) in [6, 6.07) is 11.0. The first-order chi connectivity index (χ1) is 12.6. The minimum atomic E-state index is -0.475. The van der Waals surface area contributed by atoms with E-state index in [1.807, 2.05) is 41.8 Å². The van der Waals surface area contributed by atoms with Crippen molar-refractivity contribution in [2.24, 2.45) is 0 Å². The third kappa shape index (κ3) is 3.13. The number of benzene rings is 1. The molecule has 132 valence electrons. The summed E-state index contributed by atoms with van der Waals surface area (Å²) in [6.07, 6.45) is 0.668. The number of para-hydroxylation sites is 1. The van der Waals surface area contributed by atoms with Crippen molar-refractivity contribution < 1.29 is 9.59 Å². The first kappa shape index (κ1) is 16.9. The van der Waals surface area contributed by atoms with Gasteiger partial charge in [-0.15, -0.1) is 11.3 Å². The van der Waals surface area contributed by atoms with Crippen molar-refractivity contribution in [1.29, 1.82) is 0 Å². The Balaban J connectivity index is 1.45. The molecule has 1 unspecified atom stereocenters. The van der Waals surface area contributed by atoms with Gasteiger partial charge in [-0.1, -0.05) is 18.2 Å². The fourth-order valence-electron chi connectivity index (χ4n) is 3.03. The number of carbonyl (C=O) groups is 2. The normalized spacial score (nSPS) is 15.7. The van der Waals surface area contributed by atoms with Gasteiger partial charge in [0.05, 0.1) is 12.1 Å². The highest BCUT2D eigenvalue weighted by atomic mass is 32.1. The van der Waals surface area contributed by atoms with Crippen molar-refractivity contribution in [3.05, 3.63) is 51.4 Å². The Labute approximate surface area is 158 Å². The van der Waals surface area contributed by atoms with Crippen LogP contribution in [0.4, 0.5) is 5.82 Å². The number of thiophene rings is 1. The number of aromatic nitrogens is 2. The number of nitrogens with one attached hydrogen (secondary N) is 2. The monoisotopic (exact) mass is 384 g/mol. The van der Waals surface area contributed by atoms with E-state index < -0.39 is 6.04 Å². The van der Waals surface area contributed by atoms with Crippen LogP contribution in [0.25, 0.3) is 10.9 Å². The molecule has 1 aromatic carbocycles. The van der Waals surface area contributed by atoms with Crippen LogP contribution in [-0.2, 0) is 11.3 Å². The Morgan fingerprint density at radius 1 is 1.31 bits per heavy atom. The maximum Gasteiger partial charge on any atom is 0.257 e. The summed E-state index contributed by atoms with van der Waals surface area (Å²) < 4.78 is 1.67. The summed E-state index contributed by atoms with van der Waals surface area (Å²) in [4.78, 5) is 30.2. The van der Waals surface area contributed by atoms with Gasteiger partial charge in [-0.05, 0) is 42.2 Å². The van der Waals surface area contributed by atoms with Crippen molar-refractivity contribution in [2.75, 3.05) is 5.32 Å². The summed E-state index contributed by atoms with van der Waals surface area (Å²) in [6.45, 7) is 0.516. The molecular formula is C18H16N4O2S2. The number of anilines is 1. The van der Waals surface area contributed by atoms with Gasteiger partial charge in [0.25, 0.3) is 5.91 Å². The van der Waals surface area contributed by atoms with Crippen molar-refractivity contribution in [3.63, 3.8) is 0 Å². The van der Waals surface area contributed by atoms with Crippen LogP contribution in [-0.4, -0.2) is 27.4 Å². The molecule has 0 saturated heterocycles. The number of fused-ring (bicyclic) bond motifs is 3. The summed E-state index contributed by atoms with van der Waals surface area (Å²) in [5, 5.41) is 8.92. The molecule has 1 amide bonds. The van der Waals surface area contributed by atoms with E-state index in [2.05, 4.69) is 15.6 Å². The number of nitrogens with zero attached hydrogens (tertiary/aromatic N) is 2. The van der Waals surface area contributed by atoms with Crippen molar-refractivity contribution >= 4 is 52.1 Å². The van der Waals surface area contributed by atoms with Gasteiger partial charge in [-0.3, -0.25) is 9.59 Å². The van der Waals surface area contributed by atoms with E-state index in [9.17, 15) is 9.59 Å². The molecule has 3 heterocycles. The molecule has 0 saturated carbocycles. The molecule has 4 rings (SSSR count). The number of amides is 1. The van der Waals surface area contributed by atoms with Crippen LogP contribution < -0.4 is 10.6 Å². The smallest absolute Gasteiger partial charge is 0.257 e.